The molecule has 0 aromatic heterocycles. The highest BCUT2D eigenvalue weighted by Crippen LogP contribution is 2.17. The fourth-order valence-electron chi connectivity index (χ4n) is 3.17. The van der Waals surface area contributed by atoms with Gasteiger partial charge in [0, 0.05) is 11.7 Å². The maximum Gasteiger partial charge on any atom is 0.241 e. The quantitative estimate of drug-likeness (QED) is 0.794. The first-order valence-corrected chi connectivity index (χ1v) is 11.0. The van der Waals surface area contributed by atoms with E-state index in [1.807, 2.05) is 6.92 Å². The van der Waals surface area contributed by atoms with Gasteiger partial charge in [0.25, 0.3) is 0 Å². The molecule has 146 valence electrons. The largest absolute Gasteiger partial charge is 0.325 e. The van der Waals surface area contributed by atoms with Gasteiger partial charge in [-0.2, -0.15) is 0 Å². The van der Waals surface area contributed by atoms with Crippen molar-refractivity contribution in [2.24, 2.45) is 0 Å². The third kappa shape index (κ3) is 6.07. The molecular weight excluding hydrogens is 350 g/mol. The summed E-state index contributed by atoms with van der Waals surface area (Å²) < 4.78 is 26.8. The molecule has 1 aliphatic heterocycles. The third-order valence-corrected chi connectivity index (χ3v) is 6.32. The summed E-state index contributed by atoms with van der Waals surface area (Å²) in [5.74, 6) is -0.0542. The molecule has 1 aliphatic rings. The second-order valence-corrected chi connectivity index (χ2v) is 8.98. The van der Waals surface area contributed by atoms with Crippen LogP contribution in [0.3, 0.4) is 0 Å². The van der Waals surface area contributed by atoms with Gasteiger partial charge in [0.1, 0.15) is 0 Å². The molecule has 1 heterocycles. The standard InChI is InChI=1S/C19H31N3O3S/c1-15(2)21-26(24,25)18-11-9-17(10-12-18)20-19(23)16(3)22-13-7-5-4-6-8-14-22/h9-12,15-16,21H,4-8,13-14H2,1-3H3,(H,20,23)/t16-/m0/s1. The van der Waals surface area contributed by atoms with E-state index >= 15 is 0 Å². The summed E-state index contributed by atoms with van der Waals surface area (Å²) in [6.07, 6.45) is 6.01. The van der Waals surface area contributed by atoms with Crippen LogP contribution < -0.4 is 10.0 Å². The molecule has 0 unspecified atom stereocenters. The average Bonchev–Trinajstić information content (AvgIpc) is 2.53. The smallest absolute Gasteiger partial charge is 0.241 e. The van der Waals surface area contributed by atoms with Crippen molar-refractivity contribution in [3.05, 3.63) is 24.3 Å². The highest BCUT2D eigenvalue weighted by molar-refractivity contribution is 7.89. The summed E-state index contributed by atoms with van der Waals surface area (Å²) >= 11 is 0. The molecule has 1 fully saturated rings. The normalized spacial score (nSPS) is 18.2. The Hall–Kier alpha value is -1.44. The maximum absolute atomic E-state index is 12.6. The molecule has 0 aliphatic carbocycles. The van der Waals surface area contributed by atoms with Gasteiger partial charge in [0.15, 0.2) is 0 Å². The highest BCUT2D eigenvalue weighted by Gasteiger charge is 2.22. The number of carbonyl (C=O) groups is 1. The number of nitrogens with zero attached hydrogens (tertiary/aromatic N) is 1. The molecule has 1 aromatic carbocycles. The van der Waals surface area contributed by atoms with Crippen molar-refractivity contribution < 1.29 is 13.2 Å². The molecule has 2 N–H and O–H groups in total. The summed E-state index contributed by atoms with van der Waals surface area (Å²) in [6, 6.07) is 5.93. The van der Waals surface area contributed by atoms with Gasteiger partial charge in [-0.3, -0.25) is 9.69 Å². The Morgan fingerprint density at radius 1 is 0.962 bits per heavy atom. The molecule has 0 spiro atoms. The van der Waals surface area contributed by atoms with E-state index in [0.29, 0.717) is 5.69 Å². The second kappa shape index (κ2) is 9.48. The van der Waals surface area contributed by atoms with Crippen LogP contribution in [0.5, 0.6) is 0 Å². The van der Waals surface area contributed by atoms with Crippen molar-refractivity contribution in [2.75, 3.05) is 18.4 Å². The fraction of sp³-hybridized carbons (Fsp3) is 0.632. The minimum Gasteiger partial charge on any atom is -0.325 e. The zero-order valence-electron chi connectivity index (χ0n) is 16.0. The van der Waals surface area contributed by atoms with Crippen molar-refractivity contribution in [2.45, 2.75) is 69.9 Å². The van der Waals surface area contributed by atoms with Crippen LogP contribution in [0.2, 0.25) is 0 Å². The SMILES string of the molecule is CC(C)NS(=O)(=O)c1ccc(NC(=O)[C@H](C)N2CCCCCCC2)cc1. The van der Waals surface area contributed by atoms with E-state index in [9.17, 15) is 13.2 Å². The van der Waals surface area contributed by atoms with Gasteiger partial charge < -0.3 is 5.32 Å². The van der Waals surface area contributed by atoms with Crippen LogP contribution in [0.25, 0.3) is 0 Å². The van der Waals surface area contributed by atoms with Crippen LogP contribution in [-0.4, -0.2) is 44.4 Å². The number of hydrogen-bond acceptors (Lipinski definition) is 4. The summed E-state index contributed by atoms with van der Waals surface area (Å²) in [6.45, 7) is 7.39. The van der Waals surface area contributed by atoms with Crippen LogP contribution in [0.1, 0.15) is 52.9 Å². The molecule has 7 heteroatoms. The second-order valence-electron chi connectivity index (χ2n) is 7.27. The van der Waals surface area contributed by atoms with Gasteiger partial charge in [-0.1, -0.05) is 19.3 Å². The third-order valence-electron chi connectivity index (χ3n) is 4.64. The summed E-state index contributed by atoms with van der Waals surface area (Å²) in [5.41, 5.74) is 0.609. The van der Waals surface area contributed by atoms with E-state index in [1.54, 1.807) is 26.0 Å². The number of rotatable bonds is 6. The van der Waals surface area contributed by atoms with Crippen molar-refractivity contribution in [3.8, 4) is 0 Å². The topological polar surface area (TPSA) is 78.5 Å². The summed E-state index contributed by atoms with van der Waals surface area (Å²) in [7, 11) is -3.52. The molecule has 1 amide bonds. The number of benzene rings is 1. The van der Waals surface area contributed by atoms with E-state index in [0.717, 1.165) is 25.9 Å². The van der Waals surface area contributed by atoms with E-state index < -0.39 is 10.0 Å². The predicted octanol–water partition coefficient (Wildman–Crippen LogP) is 2.97. The van der Waals surface area contributed by atoms with Crippen molar-refractivity contribution >= 4 is 21.6 Å². The average molecular weight is 382 g/mol. The number of sulfonamides is 1. The van der Waals surface area contributed by atoms with Crippen molar-refractivity contribution in [1.82, 2.24) is 9.62 Å². The molecule has 26 heavy (non-hydrogen) atoms. The summed E-state index contributed by atoms with van der Waals surface area (Å²) in [5, 5.41) is 2.90. The lowest BCUT2D eigenvalue weighted by Crippen LogP contribution is -2.43. The molecular formula is C19H31N3O3S. The van der Waals surface area contributed by atoms with Crippen molar-refractivity contribution in [3.63, 3.8) is 0 Å². The monoisotopic (exact) mass is 381 g/mol. The van der Waals surface area contributed by atoms with Gasteiger partial charge >= 0.3 is 0 Å². The maximum atomic E-state index is 12.6. The first-order valence-electron chi connectivity index (χ1n) is 9.47. The predicted molar refractivity (Wildman–Crippen MR) is 105 cm³/mol. The summed E-state index contributed by atoms with van der Waals surface area (Å²) in [4.78, 5) is 15.0. The Bertz CT molecular complexity index is 678. The van der Waals surface area contributed by atoms with Crippen LogP contribution in [-0.2, 0) is 14.8 Å². The Morgan fingerprint density at radius 2 is 1.50 bits per heavy atom. The van der Waals surface area contributed by atoms with E-state index in [4.69, 9.17) is 0 Å². The molecule has 1 atom stereocenters. The Labute approximate surface area is 157 Å². The van der Waals surface area contributed by atoms with Gasteiger partial charge in [-0.15, -0.1) is 0 Å². The molecule has 0 bridgehead atoms. The van der Waals surface area contributed by atoms with Gasteiger partial charge in [-0.05, 0) is 71.0 Å². The lowest BCUT2D eigenvalue weighted by atomic mass is 10.1. The number of hydrogen-bond donors (Lipinski definition) is 2. The zero-order valence-corrected chi connectivity index (χ0v) is 16.8. The number of amides is 1. The molecule has 0 radical (unpaired) electrons. The highest BCUT2D eigenvalue weighted by atomic mass is 32.2. The first-order chi connectivity index (χ1) is 12.3. The number of anilines is 1. The Morgan fingerprint density at radius 3 is 2.04 bits per heavy atom. The van der Waals surface area contributed by atoms with Gasteiger partial charge in [0.2, 0.25) is 15.9 Å². The number of carbonyl (C=O) groups excluding carboxylic acids is 1. The van der Waals surface area contributed by atoms with E-state index in [1.165, 1.54) is 31.4 Å². The molecule has 0 saturated carbocycles. The molecule has 6 nitrogen and oxygen atoms in total. The molecule has 1 aromatic rings. The Kier molecular flexibility index (Phi) is 7.61. The first kappa shape index (κ1) is 20.9. The number of likely N-dealkylation sites (tertiary alicyclic amines) is 1. The molecule has 1 saturated heterocycles. The van der Waals surface area contributed by atoms with Crippen LogP contribution in [0.15, 0.2) is 29.2 Å². The van der Waals surface area contributed by atoms with Gasteiger partial charge in [-0.25, -0.2) is 13.1 Å². The Balaban J connectivity index is 1.98. The van der Waals surface area contributed by atoms with Gasteiger partial charge in [0.05, 0.1) is 10.9 Å². The minimum atomic E-state index is -3.52. The van der Waals surface area contributed by atoms with E-state index in [-0.39, 0.29) is 22.9 Å². The van der Waals surface area contributed by atoms with Crippen LogP contribution in [0, 0.1) is 0 Å². The lowest BCUT2D eigenvalue weighted by Gasteiger charge is -2.29. The fourth-order valence-corrected chi connectivity index (χ4v) is 4.42. The van der Waals surface area contributed by atoms with Crippen molar-refractivity contribution in [1.29, 1.82) is 0 Å². The lowest BCUT2D eigenvalue weighted by molar-refractivity contribution is -0.120. The zero-order chi connectivity index (χ0) is 19.2. The van der Waals surface area contributed by atoms with E-state index in [2.05, 4.69) is 14.9 Å². The van der Waals surface area contributed by atoms with Crippen LogP contribution >= 0.6 is 0 Å². The molecule has 2 rings (SSSR count). The number of nitrogens with one attached hydrogen (secondary N) is 2. The minimum absolute atomic E-state index is 0.0542. The van der Waals surface area contributed by atoms with Crippen LogP contribution in [0.4, 0.5) is 5.69 Å².